The molecular formula is C15H25N3O2. The second-order valence-electron chi connectivity index (χ2n) is 5.79. The van der Waals surface area contributed by atoms with Gasteiger partial charge in [-0.15, -0.1) is 0 Å². The molecule has 0 saturated heterocycles. The molecule has 20 heavy (non-hydrogen) atoms. The van der Waals surface area contributed by atoms with Crippen molar-refractivity contribution < 1.29 is 9.90 Å². The van der Waals surface area contributed by atoms with Gasteiger partial charge >= 0.3 is 0 Å². The van der Waals surface area contributed by atoms with Crippen LogP contribution in [-0.2, 0) is 4.79 Å². The summed E-state index contributed by atoms with van der Waals surface area (Å²) in [6.07, 6.45) is 2.72. The Morgan fingerprint density at radius 2 is 2.05 bits per heavy atom. The number of likely N-dealkylation sites (N-methyl/N-ethyl adjacent to an activating group) is 1. The molecule has 0 aromatic carbocycles. The van der Waals surface area contributed by atoms with Crippen molar-refractivity contribution >= 4 is 12.0 Å². The van der Waals surface area contributed by atoms with Crippen molar-refractivity contribution in [1.82, 2.24) is 9.88 Å². The van der Waals surface area contributed by atoms with E-state index in [1.807, 2.05) is 37.2 Å². The zero-order chi connectivity index (χ0) is 15.2. The van der Waals surface area contributed by atoms with Gasteiger partial charge in [0.2, 0.25) is 0 Å². The number of carbonyl (C=O) groups is 1. The van der Waals surface area contributed by atoms with Crippen LogP contribution in [0.3, 0.4) is 0 Å². The molecule has 5 nitrogen and oxygen atoms in total. The minimum absolute atomic E-state index is 0.337. The summed E-state index contributed by atoms with van der Waals surface area (Å²) in [6, 6.07) is 4.01. The fraction of sp³-hybridized carbons (Fsp3) is 0.600. The van der Waals surface area contributed by atoms with Gasteiger partial charge in [0.1, 0.15) is 6.29 Å². The van der Waals surface area contributed by atoms with Crippen molar-refractivity contribution in [2.45, 2.75) is 26.4 Å². The van der Waals surface area contributed by atoms with Crippen molar-refractivity contribution in [1.29, 1.82) is 0 Å². The second-order valence-corrected chi connectivity index (χ2v) is 5.79. The highest BCUT2D eigenvalue weighted by Gasteiger charge is 2.18. The van der Waals surface area contributed by atoms with E-state index >= 15 is 0 Å². The molecular weight excluding hydrogens is 254 g/mol. The van der Waals surface area contributed by atoms with Gasteiger partial charge < -0.3 is 14.8 Å². The number of hydrogen-bond acceptors (Lipinski definition) is 5. The number of nitrogens with zero attached hydrogens (tertiary/aromatic N) is 3. The molecule has 0 aliphatic rings. The Hall–Kier alpha value is -1.46. The van der Waals surface area contributed by atoms with E-state index in [4.69, 9.17) is 0 Å². The van der Waals surface area contributed by atoms with Crippen LogP contribution in [0, 0.1) is 6.92 Å². The number of aryl methyl sites for hydroxylation is 1. The maximum atomic E-state index is 10.7. The molecule has 1 heterocycles. The van der Waals surface area contributed by atoms with Gasteiger partial charge in [0.15, 0.2) is 0 Å². The Bertz CT molecular complexity index is 412. The van der Waals surface area contributed by atoms with Crippen LogP contribution in [0.5, 0.6) is 0 Å². The zero-order valence-corrected chi connectivity index (χ0v) is 12.8. The first kappa shape index (κ1) is 16.6. The van der Waals surface area contributed by atoms with Crippen LogP contribution in [0.25, 0.3) is 0 Å². The van der Waals surface area contributed by atoms with Crippen LogP contribution in [-0.4, -0.2) is 60.1 Å². The fourth-order valence-corrected chi connectivity index (χ4v) is 1.99. The second kappa shape index (κ2) is 7.36. The average molecular weight is 279 g/mol. The fourth-order valence-electron chi connectivity index (χ4n) is 1.99. The third-order valence-electron chi connectivity index (χ3n) is 3.03. The van der Waals surface area contributed by atoms with Crippen molar-refractivity contribution in [3.8, 4) is 0 Å². The van der Waals surface area contributed by atoms with Crippen molar-refractivity contribution in [2.75, 3.05) is 38.1 Å². The van der Waals surface area contributed by atoms with Crippen LogP contribution in [0.15, 0.2) is 18.3 Å². The molecule has 0 amide bonds. The summed E-state index contributed by atoms with van der Waals surface area (Å²) >= 11 is 0. The molecule has 0 radical (unpaired) electrons. The molecule has 0 fully saturated rings. The third kappa shape index (κ3) is 6.12. The molecule has 1 aromatic heterocycles. The van der Waals surface area contributed by atoms with Gasteiger partial charge in [-0.2, -0.15) is 0 Å². The maximum absolute atomic E-state index is 10.7. The summed E-state index contributed by atoms with van der Waals surface area (Å²) in [4.78, 5) is 19.0. The predicted molar refractivity (Wildman–Crippen MR) is 81.0 cm³/mol. The van der Waals surface area contributed by atoms with E-state index in [0.29, 0.717) is 19.6 Å². The molecule has 0 saturated carbocycles. The van der Waals surface area contributed by atoms with Gasteiger partial charge in [-0.1, -0.05) is 0 Å². The lowest BCUT2D eigenvalue weighted by Gasteiger charge is -2.29. The standard InChI is InChI=1S/C15H25N3O2/c1-13-5-6-14(11-16-13)17(4)7-8-18(9-10-19)12-15(2,3)20/h5-6,10-11,20H,7-9,12H2,1-4H3. The molecule has 0 spiro atoms. The minimum Gasteiger partial charge on any atom is -0.389 e. The molecule has 0 bridgehead atoms. The highest BCUT2D eigenvalue weighted by molar-refractivity contribution is 5.52. The number of carbonyl (C=O) groups excluding carboxylic acids is 1. The number of aromatic nitrogens is 1. The number of hydrogen-bond donors (Lipinski definition) is 1. The SMILES string of the molecule is Cc1ccc(N(C)CCN(CC=O)CC(C)(C)O)cn1. The smallest absolute Gasteiger partial charge is 0.133 e. The molecule has 1 aromatic rings. The van der Waals surface area contributed by atoms with Gasteiger partial charge in [0.25, 0.3) is 0 Å². The van der Waals surface area contributed by atoms with Crippen LogP contribution >= 0.6 is 0 Å². The van der Waals surface area contributed by atoms with E-state index in [0.717, 1.165) is 24.2 Å². The highest BCUT2D eigenvalue weighted by Crippen LogP contribution is 2.11. The molecule has 0 unspecified atom stereocenters. The number of aliphatic hydroxyl groups is 1. The lowest BCUT2D eigenvalue weighted by Crippen LogP contribution is -2.43. The molecule has 0 aliphatic carbocycles. The zero-order valence-electron chi connectivity index (χ0n) is 12.8. The highest BCUT2D eigenvalue weighted by atomic mass is 16.3. The summed E-state index contributed by atoms with van der Waals surface area (Å²) < 4.78 is 0. The predicted octanol–water partition coefficient (Wildman–Crippen LogP) is 1.10. The number of aldehydes is 1. The summed E-state index contributed by atoms with van der Waals surface area (Å²) in [5.41, 5.74) is 1.24. The third-order valence-corrected chi connectivity index (χ3v) is 3.03. The monoisotopic (exact) mass is 279 g/mol. The van der Waals surface area contributed by atoms with E-state index in [1.54, 1.807) is 13.8 Å². The van der Waals surface area contributed by atoms with E-state index in [1.165, 1.54) is 0 Å². The molecule has 112 valence electrons. The van der Waals surface area contributed by atoms with Crippen LogP contribution in [0.1, 0.15) is 19.5 Å². The largest absolute Gasteiger partial charge is 0.389 e. The number of rotatable bonds is 8. The maximum Gasteiger partial charge on any atom is 0.133 e. The molecule has 1 N–H and O–H groups in total. The topological polar surface area (TPSA) is 56.7 Å². The van der Waals surface area contributed by atoms with E-state index in [9.17, 15) is 9.90 Å². The lowest BCUT2D eigenvalue weighted by atomic mass is 10.1. The first-order chi connectivity index (χ1) is 9.31. The van der Waals surface area contributed by atoms with E-state index in [2.05, 4.69) is 9.88 Å². The summed E-state index contributed by atoms with van der Waals surface area (Å²) in [5.74, 6) is 0. The van der Waals surface area contributed by atoms with E-state index < -0.39 is 5.60 Å². The van der Waals surface area contributed by atoms with Gasteiger partial charge in [-0.3, -0.25) is 9.88 Å². The molecule has 0 aliphatic heterocycles. The lowest BCUT2D eigenvalue weighted by molar-refractivity contribution is -0.109. The Morgan fingerprint density at radius 1 is 1.35 bits per heavy atom. The quantitative estimate of drug-likeness (QED) is 0.722. The first-order valence-electron chi connectivity index (χ1n) is 6.84. The number of pyridine rings is 1. The number of anilines is 1. The minimum atomic E-state index is -0.799. The van der Waals surface area contributed by atoms with Gasteiger partial charge in [-0.05, 0) is 32.9 Å². The van der Waals surface area contributed by atoms with Crippen LogP contribution < -0.4 is 4.90 Å². The van der Waals surface area contributed by atoms with E-state index in [-0.39, 0.29) is 0 Å². The Balaban J connectivity index is 2.53. The molecule has 5 heteroatoms. The van der Waals surface area contributed by atoms with Crippen molar-refractivity contribution in [3.63, 3.8) is 0 Å². The van der Waals surface area contributed by atoms with Gasteiger partial charge in [-0.25, -0.2) is 0 Å². The van der Waals surface area contributed by atoms with Crippen molar-refractivity contribution in [2.24, 2.45) is 0 Å². The summed E-state index contributed by atoms with van der Waals surface area (Å²) in [6.45, 7) is 7.76. The van der Waals surface area contributed by atoms with Crippen molar-refractivity contribution in [3.05, 3.63) is 24.0 Å². The molecule has 1 rings (SSSR count). The Kier molecular flexibility index (Phi) is 6.10. The molecule has 0 atom stereocenters. The van der Waals surface area contributed by atoms with Gasteiger partial charge in [0.05, 0.1) is 24.0 Å². The Labute approximate surface area is 121 Å². The van der Waals surface area contributed by atoms with Crippen LogP contribution in [0.2, 0.25) is 0 Å². The first-order valence-corrected chi connectivity index (χ1v) is 6.84. The Morgan fingerprint density at radius 3 is 2.55 bits per heavy atom. The average Bonchev–Trinajstić information content (AvgIpc) is 2.35. The summed E-state index contributed by atoms with van der Waals surface area (Å²) in [5, 5.41) is 9.85. The van der Waals surface area contributed by atoms with Gasteiger partial charge in [0, 0.05) is 32.4 Å². The van der Waals surface area contributed by atoms with Crippen LogP contribution in [0.4, 0.5) is 5.69 Å². The normalized spacial score (nSPS) is 11.7. The summed E-state index contributed by atoms with van der Waals surface area (Å²) in [7, 11) is 2.00.